The molecule has 0 fully saturated rings. The largest absolute Gasteiger partial charge is 0.387 e. The fourth-order valence-corrected chi connectivity index (χ4v) is 1.97. The van der Waals surface area contributed by atoms with Gasteiger partial charge in [-0.1, -0.05) is 29.8 Å². The molecule has 1 heterocycles. The molecule has 2 aromatic rings. The van der Waals surface area contributed by atoms with Gasteiger partial charge in [-0.3, -0.25) is 4.68 Å². The minimum atomic E-state index is -0.474. The summed E-state index contributed by atoms with van der Waals surface area (Å²) in [6, 6.07) is 7.97. The Kier molecular flexibility index (Phi) is 4.35. The lowest BCUT2D eigenvalue weighted by molar-refractivity contribution is 0.174. The SMILES string of the molecule is Cc1ccc(C(O)CNCc2cnn(C)c2C)cc1. The molecule has 102 valence electrons. The van der Waals surface area contributed by atoms with Gasteiger partial charge in [0, 0.05) is 31.4 Å². The third-order valence-electron chi connectivity index (χ3n) is 3.45. The van der Waals surface area contributed by atoms with Crippen LogP contribution in [0.1, 0.15) is 28.5 Å². The first-order valence-electron chi connectivity index (χ1n) is 6.50. The minimum absolute atomic E-state index is 0.474. The zero-order valence-corrected chi connectivity index (χ0v) is 11.7. The van der Waals surface area contributed by atoms with E-state index in [1.54, 1.807) is 0 Å². The highest BCUT2D eigenvalue weighted by Crippen LogP contribution is 2.13. The van der Waals surface area contributed by atoms with Crippen molar-refractivity contribution in [1.29, 1.82) is 0 Å². The summed E-state index contributed by atoms with van der Waals surface area (Å²) in [6.45, 7) is 5.35. The number of aliphatic hydroxyl groups is 1. The quantitative estimate of drug-likeness (QED) is 0.861. The Labute approximate surface area is 114 Å². The minimum Gasteiger partial charge on any atom is -0.387 e. The Balaban J connectivity index is 1.85. The molecule has 0 saturated carbocycles. The van der Waals surface area contributed by atoms with Gasteiger partial charge in [-0.2, -0.15) is 5.10 Å². The summed E-state index contributed by atoms with van der Waals surface area (Å²) in [5.74, 6) is 0. The third-order valence-corrected chi connectivity index (χ3v) is 3.45. The normalized spacial score (nSPS) is 12.6. The van der Waals surface area contributed by atoms with Gasteiger partial charge >= 0.3 is 0 Å². The van der Waals surface area contributed by atoms with Gasteiger partial charge in [-0.05, 0) is 19.4 Å². The predicted molar refractivity (Wildman–Crippen MR) is 75.8 cm³/mol. The maximum absolute atomic E-state index is 10.1. The predicted octanol–water partition coefficient (Wildman–Crippen LogP) is 1.86. The number of nitrogens with one attached hydrogen (secondary N) is 1. The van der Waals surface area contributed by atoms with Crippen LogP contribution in [0.3, 0.4) is 0 Å². The maximum atomic E-state index is 10.1. The fraction of sp³-hybridized carbons (Fsp3) is 0.400. The van der Waals surface area contributed by atoms with Crippen molar-refractivity contribution in [2.24, 2.45) is 7.05 Å². The highest BCUT2D eigenvalue weighted by Gasteiger charge is 2.08. The van der Waals surface area contributed by atoms with E-state index in [1.807, 2.05) is 56.0 Å². The molecule has 1 aromatic heterocycles. The zero-order chi connectivity index (χ0) is 13.8. The number of nitrogens with zero attached hydrogens (tertiary/aromatic N) is 2. The lowest BCUT2D eigenvalue weighted by atomic mass is 10.1. The standard InChI is InChI=1S/C15H21N3O/c1-11-4-6-13(7-5-11)15(19)10-16-8-14-9-17-18(3)12(14)2/h4-7,9,15-16,19H,8,10H2,1-3H3. The maximum Gasteiger partial charge on any atom is 0.0914 e. The van der Waals surface area contributed by atoms with E-state index in [4.69, 9.17) is 0 Å². The van der Waals surface area contributed by atoms with Crippen LogP contribution in [0.5, 0.6) is 0 Å². The van der Waals surface area contributed by atoms with Crippen molar-refractivity contribution in [3.05, 3.63) is 52.8 Å². The summed E-state index contributed by atoms with van der Waals surface area (Å²) in [5, 5.41) is 17.5. The van der Waals surface area contributed by atoms with Crippen molar-refractivity contribution < 1.29 is 5.11 Å². The summed E-state index contributed by atoms with van der Waals surface area (Å²) in [7, 11) is 1.93. The average molecular weight is 259 g/mol. The second-order valence-corrected chi connectivity index (χ2v) is 4.94. The fourth-order valence-electron chi connectivity index (χ4n) is 1.97. The van der Waals surface area contributed by atoms with Gasteiger partial charge in [0.1, 0.15) is 0 Å². The molecule has 2 rings (SSSR count). The van der Waals surface area contributed by atoms with E-state index in [-0.39, 0.29) is 0 Å². The van der Waals surface area contributed by atoms with Gasteiger partial charge < -0.3 is 10.4 Å². The van der Waals surface area contributed by atoms with E-state index in [2.05, 4.69) is 10.4 Å². The van der Waals surface area contributed by atoms with E-state index in [1.165, 1.54) is 11.1 Å². The first kappa shape index (κ1) is 13.8. The molecular weight excluding hydrogens is 238 g/mol. The second-order valence-electron chi connectivity index (χ2n) is 4.94. The Morgan fingerprint density at radius 3 is 2.53 bits per heavy atom. The lowest BCUT2D eigenvalue weighted by Crippen LogP contribution is -2.21. The van der Waals surface area contributed by atoms with Gasteiger partial charge in [0.2, 0.25) is 0 Å². The van der Waals surface area contributed by atoms with Crippen LogP contribution in [0.25, 0.3) is 0 Å². The Bertz CT molecular complexity index is 531. The molecule has 0 radical (unpaired) electrons. The van der Waals surface area contributed by atoms with Crippen LogP contribution in [0, 0.1) is 13.8 Å². The summed E-state index contributed by atoms with van der Waals surface area (Å²) in [6.07, 6.45) is 1.39. The Morgan fingerprint density at radius 2 is 1.95 bits per heavy atom. The van der Waals surface area contributed by atoms with Crippen molar-refractivity contribution in [3.63, 3.8) is 0 Å². The van der Waals surface area contributed by atoms with Crippen molar-refractivity contribution in [2.45, 2.75) is 26.5 Å². The van der Waals surface area contributed by atoms with Gasteiger partial charge in [-0.25, -0.2) is 0 Å². The second kappa shape index (κ2) is 5.99. The van der Waals surface area contributed by atoms with Crippen LogP contribution >= 0.6 is 0 Å². The smallest absolute Gasteiger partial charge is 0.0914 e. The number of benzene rings is 1. The lowest BCUT2D eigenvalue weighted by Gasteiger charge is -2.12. The molecular formula is C15H21N3O. The first-order valence-corrected chi connectivity index (χ1v) is 6.50. The van der Waals surface area contributed by atoms with E-state index >= 15 is 0 Å². The molecule has 1 aromatic carbocycles. The number of aryl methyl sites for hydroxylation is 2. The van der Waals surface area contributed by atoms with Crippen molar-refractivity contribution >= 4 is 0 Å². The van der Waals surface area contributed by atoms with E-state index in [0.29, 0.717) is 6.54 Å². The van der Waals surface area contributed by atoms with Crippen molar-refractivity contribution in [3.8, 4) is 0 Å². The number of aromatic nitrogens is 2. The number of hydrogen-bond acceptors (Lipinski definition) is 3. The van der Waals surface area contributed by atoms with Crippen molar-refractivity contribution in [2.75, 3.05) is 6.54 Å². The van der Waals surface area contributed by atoms with Gasteiger partial charge in [0.15, 0.2) is 0 Å². The molecule has 0 aliphatic rings. The molecule has 0 saturated heterocycles. The molecule has 4 nitrogen and oxygen atoms in total. The molecule has 0 spiro atoms. The highest BCUT2D eigenvalue weighted by molar-refractivity contribution is 5.23. The molecule has 1 atom stereocenters. The monoisotopic (exact) mass is 259 g/mol. The highest BCUT2D eigenvalue weighted by atomic mass is 16.3. The van der Waals surface area contributed by atoms with Gasteiger partial charge in [0.25, 0.3) is 0 Å². The molecule has 0 bridgehead atoms. The molecule has 2 N–H and O–H groups in total. The van der Waals surface area contributed by atoms with Gasteiger partial charge in [0.05, 0.1) is 12.3 Å². The molecule has 4 heteroatoms. The molecule has 0 amide bonds. The van der Waals surface area contributed by atoms with Gasteiger partial charge in [-0.15, -0.1) is 0 Å². The first-order chi connectivity index (χ1) is 9.08. The van der Waals surface area contributed by atoms with Crippen LogP contribution in [0.15, 0.2) is 30.5 Å². The Morgan fingerprint density at radius 1 is 1.26 bits per heavy atom. The number of hydrogen-bond donors (Lipinski definition) is 2. The van der Waals surface area contributed by atoms with E-state index in [9.17, 15) is 5.11 Å². The van der Waals surface area contributed by atoms with Crippen LogP contribution in [0.4, 0.5) is 0 Å². The molecule has 0 aliphatic heterocycles. The van der Waals surface area contributed by atoms with Crippen LogP contribution in [-0.2, 0) is 13.6 Å². The number of aliphatic hydroxyl groups excluding tert-OH is 1. The van der Waals surface area contributed by atoms with Crippen LogP contribution in [-0.4, -0.2) is 21.4 Å². The van der Waals surface area contributed by atoms with E-state index in [0.717, 1.165) is 17.8 Å². The summed E-state index contributed by atoms with van der Waals surface area (Å²) >= 11 is 0. The zero-order valence-electron chi connectivity index (χ0n) is 11.7. The summed E-state index contributed by atoms with van der Waals surface area (Å²) in [5.41, 5.74) is 4.46. The van der Waals surface area contributed by atoms with Crippen LogP contribution in [0.2, 0.25) is 0 Å². The Hall–Kier alpha value is -1.65. The number of rotatable bonds is 5. The van der Waals surface area contributed by atoms with Crippen LogP contribution < -0.4 is 5.32 Å². The molecule has 19 heavy (non-hydrogen) atoms. The van der Waals surface area contributed by atoms with Crippen molar-refractivity contribution in [1.82, 2.24) is 15.1 Å². The molecule has 1 unspecified atom stereocenters. The molecule has 0 aliphatic carbocycles. The van der Waals surface area contributed by atoms with E-state index < -0.39 is 6.10 Å². The summed E-state index contributed by atoms with van der Waals surface area (Å²) in [4.78, 5) is 0. The topological polar surface area (TPSA) is 50.1 Å². The third kappa shape index (κ3) is 3.43. The summed E-state index contributed by atoms with van der Waals surface area (Å²) < 4.78 is 1.85. The average Bonchev–Trinajstić information content (AvgIpc) is 2.71.